The van der Waals surface area contributed by atoms with Gasteiger partial charge in [-0.1, -0.05) is 19.3 Å². The van der Waals surface area contributed by atoms with Gasteiger partial charge in [0.1, 0.15) is 6.10 Å². The predicted molar refractivity (Wildman–Crippen MR) is 81.2 cm³/mol. The number of rotatable bonds is 2. The first-order valence-electron chi connectivity index (χ1n) is 7.99. The van der Waals surface area contributed by atoms with Crippen molar-refractivity contribution in [1.29, 1.82) is 0 Å². The van der Waals surface area contributed by atoms with E-state index in [0.717, 1.165) is 19.0 Å². The van der Waals surface area contributed by atoms with Gasteiger partial charge in [-0.15, -0.1) is 12.4 Å². The van der Waals surface area contributed by atoms with E-state index in [0.29, 0.717) is 19.2 Å². The largest absolute Gasteiger partial charge is 0.366 e. The predicted octanol–water partition coefficient (Wildman–Crippen LogP) is 1.97. The van der Waals surface area contributed by atoms with Crippen LogP contribution in [0.2, 0.25) is 0 Å². The molecule has 0 aromatic carbocycles. The molecule has 3 aliphatic rings. The van der Waals surface area contributed by atoms with Crippen LogP contribution in [0.15, 0.2) is 0 Å². The summed E-state index contributed by atoms with van der Waals surface area (Å²) in [7, 11) is 0. The topological polar surface area (TPSA) is 41.6 Å². The van der Waals surface area contributed by atoms with Crippen molar-refractivity contribution >= 4 is 18.3 Å². The number of nitrogens with one attached hydrogen (secondary N) is 1. The molecule has 2 unspecified atom stereocenters. The summed E-state index contributed by atoms with van der Waals surface area (Å²) in [6.07, 6.45) is 8.86. The SMILES string of the molecule is Cl.O=C(C1CNCCO1)N1CCCC1C1CCCCC1. The fourth-order valence-corrected chi connectivity index (χ4v) is 3.98. The first kappa shape index (κ1) is 16.1. The number of carbonyl (C=O) groups is 1. The van der Waals surface area contributed by atoms with Gasteiger partial charge in [0.05, 0.1) is 6.61 Å². The fourth-order valence-electron chi connectivity index (χ4n) is 3.98. The van der Waals surface area contributed by atoms with Gasteiger partial charge in [-0.05, 0) is 31.6 Å². The van der Waals surface area contributed by atoms with Gasteiger partial charge in [-0.2, -0.15) is 0 Å². The van der Waals surface area contributed by atoms with Crippen LogP contribution in [-0.4, -0.2) is 49.2 Å². The summed E-state index contributed by atoms with van der Waals surface area (Å²) in [5, 5.41) is 3.26. The Morgan fingerprint density at radius 3 is 2.60 bits per heavy atom. The van der Waals surface area contributed by atoms with Crippen LogP contribution in [0.1, 0.15) is 44.9 Å². The Morgan fingerprint density at radius 2 is 1.90 bits per heavy atom. The van der Waals surface area contributed by atoms with Gasteiger partial charge >= 0.3 is 0 Å². The van der Waals surface area contributed by atoms with Crippen molar-refractivity contribution in [2.24, 2.45) is 5.92 Å². The third kappa shape index (κ3) is 3.46. The summed E-state index contributed by atoms with van der Waals surface area (Å²) in [6, 6.07) is 0.498. The maximum absolute atomic E-state index is 12.6. The highest BCUT2D eigenvalue weighted by atomic mass is 35.5. The molecule has 4 nitrogen and oxygen atoms in total. The van der Waals surface area contributed by atoms with Crippen molar-refractivity contribution in [2.75, 3.05) is 26.2 Å². The Bertz CT molecular complexity index is 315. The van der Waals surface area contributed by atoms with E-state index in [1.54, 1.807) is 0 Å². The molecule has 1 amide bonds. The summed E-state index contributed by atoms with van der Waals surface area (Å²) < 4.78 is 5.63. The van der Waals surface area contributed by atoms with Crippen molar-refractivity contribution in [2.45, 2.75) is 57.1 Å². The van der Waals surface area contributed by atoms with Gasteiger partial charge in [0, 0.05) is 25.7 Å². The lowest BCUT2D eigenvalue weighted by Crippen LogP contribution is -2.52. The number of nitrogens with zero attached hydrogens (tertiary/aromatic N) is 1. The number of hydrogen-bond acceptors (Lipinski definition) is 3. The molecule has 1 saturated carbocycles. The van der Waals surface area contributed by atoms with Crippen LogP contribution in [0.3, 0.4) is 0 Å². The Kier molecular flexibility index (Phi) is 6.12. The first-order valence-corrected chi connectivity index (χ1v) is 7.99. The zero-order valence-corrected chi connectivity index (χ0v) is 13.0. The number of amides is 1. The van der Waals surface area contributed by atoms with E-state index in [1.807, 2.05) is 0 Å². The molecule has 0 radical (unpaired) electrons. The number of ether oxygens (including phenoxy) is 1. The summed E-state index contributed by atoms with van der Waals surface area (Å²) in [5.41, 5.74) is 0. The number of hydrogen-bond donors (Lipinski definition) is 1. The van der Waals surface area contributed by atoms with Crippen molar-refractivity contribution in [3.8, 4) is 0 Å². The molecule has 1 N–H and O–H groups in total. The molecule has 0 aromatic heterocycles. The summed E-state index contributed by atoms with van der Waals surface area (Å²) >= 11 is 0. The minimum atomic E-state index is -0.238. The fraction of sp³-hybridized carbons (Fsp3) is 0.933. The van der Waals surface area contributed by atoms with Gasteiger partial charge in [0.15, 0.2) is 0 Å². The second kappa shape index (κ2) is 7.62. The highest BCUT2D eigenvalue weighted by Crippen LogP contribution is 2.34. The molecule has 0 bridgehead atoms. The number of morpholine rings is 1. The quantitative estimate of drug-likeness (QED) is 0.848. The molecule has 2 aliphatic heterocycles. The van der Waals surface area contributed by atoms with Crippen LogP contribution < -0.4 is 5.32 Å². The van der Waals surface area contributed by atoms with E-state index in [-0.39, 0.29) is 24.4 Å². The van der Waals surface area contributed by atoms with E-state index in [2.05, 4.69) is 10.2 Å². The number of carbonyl (C=O) groups excluding carboxylic acids is 1. The van der Waals surface area contributed by atoms with Gasteiger partial charge in [-0.3, -0.25) is 4.79 Å². The molecular formula is C15H27ClN2O2. The lowest BCUT2D eigenvalue weighted by molar-refractivity contribution is -0.147. The van der Waals surface area contributed by atoms with Crippen molar-refractivity contribution < 1.29 is 9.53 Å². The molecule has 1 aliphatic carbocycles. The van der Waals surface area contributed by atoms with Crippen LogP contribution >= 0.6 is 12.4 Å². The van der Waals surface area contributed by atoms with E-state index in [1.165, 1.54) is 44.9 Å². The highest BCUT2D eigenvalue weighted by Gasteiger charge is 2.38. The third-order valence-electron chi connectivity index (χ3n) is 4.98. The molecule has 20 heavy (non-hydrogen) atoms. The zero-order valence-electron chi connectivity index (χ0n) is 12.2. The molecule has 116 valence electrons. The van der Waals surface area contributed by atoms with Crippen LogP contribution in [0, 0.1) is 5.92 Å². The average Bonchev–Trinajstić information content (AvgIpc) is 2.98. The molecular weight excluding hydrogens is 276 g/mol. The Morgan fingerprint density at radius 1 is 1.10 bits per heavy atom. The maximum Gasteiger partial charge on any atom is 0.253 e. The molecule has 5 heteroatoms. The van der Waals surface area contributed by atoms with Crippen LogP contribution in [0.4, 0.5) is 0 Å². The Balaban J connectivity index is 0.00000147. The van der Waals surface area contributed by atoms with Gasteiger partial charge in [0.25, 0.3) is 5.91 Å². The molecule has 2 atom stereocenters. The summed E-state index contributed by atoms with van der Waals surface area (Å²) in [5.74, 6) is 0.983. The minimum absolute atomic E-state index is 0. The van der Waals surface area contributed by atoms with Gasteiger partial charge in [-0.25, -0.2) is 0 Å². The average molecular weight is 303 g/mol. The molecule has 2 heterocycles. The highest BCUT2D eigenvalue weighted by molar-refractivity contribution is 5.85. The molecule has 2 saturated heterocycles. The van der Waals surface area contributed by atoms with E-state index in [4.69, 9.17) is 4.74 Å². The van der Waals surface area contributed by atoms with Crippen molar-refractivity contribution in [3.63, 3.8) is 0 Å². The van der Waals surface area contributed by atoms with Crippen LogP contribution in [0.25, 0.3) is 0 Å². The Hall–Kier alpha value is -0.320. The van der Waals surface area contributed by atoms with Crippen molar-refractivity contribution in [1.82, 2.24) is 10.2 Å². The monoisotopic (exact) mass is 302 g/mol. The number of halogens is 1. The van der Waals surface area contributed by atoms with E-state index in [9.17, 15) is 4.79 Å². The standard InChI is InChI=1S/C15H26N2O2.ClH/c18-15(14-11-16-8-10-19-14)17-9-4-7-13(17)12-5-2-1-3-6-12;/h12-14,16H,1-11H2;1H. The molecule has 3 rings (SSSR count). The lowest BCUT2D eigenvalue weighted by Gasteiger charge is -2.36. The normalized spacial score (nSPS) is 31.9. The molecule has 3 fully saturated rings. The maximum atomic E-state index is 12.6. The molecule has 0 spiro atoms. The first-order chi connectivity index (χ1) is 9.36. The van der Waals surface area contributed by atoms with Crippen LogP contribution in [-0.2, 0) is 9.53 Å². The van der Waals surface area contributed by atoms with Crippen LogP contribution in [0.5, 0.6) is 0 Å². The summed E-state index contributed by atoms with van der Waals surface area (Å²) in [6.45, 7) is 3.17. The third-order valence-corrected chi connectivity index (χ3v) is 4.98. The second-order valence-electron chi connectivity index (χ2n) is 6.20. The second-order valence-corrected chi connectivity index (χ2v) is 6.20. The lowest BCUT2D eigenvalue weighted by atomic mass is 9.83. The van der Waals surface area contributed by atoms with Gasteiger partial charge in [0.2, 0.25) is 0 Å². The number of likely N-dealkylation sites (tertiary alicyclic amines) is 1. The minimum Gasteiger partial charge on any atom is -0.366 e. The smallest absolute Gasteiger partial charge is 0.253 e. The molecule has 0 aromatic rings. The van der Waals surface area contributed by atoms with Crippen molar-refractivity contribution in [3.05, 3.63) is 0 Å². The van der Waals surface area contributed by atoms with Gasteiger partial charge < -0.3 is 15.0 Å². The Labute approximate surface area is 128 Å². The van der Waals surface area contributed by atoms with E-state index >= 15 is 0 Å². The summed E-state index contributed by atoms with van der Waals surface area (Å²) in [4.78, 5) is 14.8. The zero-order chi connectivity index (χ0) is 13.1. The van der Waals surface area contributed by atoms with E-state index < -0.39 is 0 Å².